The molecule has 0 aliphatic carbocycles. The van der Waals surface area contributed by atoms with E-state index in [-0.39, 0.29) is 19.1 Å². The normalized spacial score (nSPS) is 12.9. The van der Waals surface area contributed by atoms with Gasteiger partial charge in [0, 0.05) is 6.04 Å². The van der Waals surface area contributed by atoms with E-state index in [9.17, 15) is 19.2 Å². The summed E-state index contributed by atoms with van der Waals surface area (Å²) in [5, 5.41) is 5.07. The molecule has 0 bridgehead atoms. The molecule has 1 rings (SSSR count). The second-order valence-corrected chi connectivity index (χ2v) is 10.1. The van der Waals surface area contributed by atoms with E-state index >= 15 is 0 Å². The van der Waals surface area contributed by atoms with Crippen molar-refractivity contribution in [2.24, 2.45) is 5.92 Å². The average Bonchev–Trinajstić information content (AvgIpc) is 2.77. The fraction of sp³-hybridized carbons (Fsp3) is 0.615. The van der Waals surface area contributed by atoms with E-state index in [0.29, 0.717) is 17.9 Å². The summed E-state index contributed by atoms with van der Waals surface area (Å²) < 4.78 is 9.87. The van der Waals surface area contributed by atoms with Crippen LogP contribution in [0, 0.1) is 12.8 Å². The molecule has 2 N–H and O–H groups in total. The van der Waals surface area contributed by atoms with Crippen molar-refractivity contribution >= 4 is 23.9 Å². The number of aryl methyl sites for hydroxylation is 1. The third-order valence-electron chi connectivity index (χ3n) is 5.26. The van der Waals surface area contributed by atoms with E-state index in [4.69, 9.17) is 4.74 Å². The highest BCUT2D eigenvalue weighted by Crippen LogP contribution is 2.27. The lowest BCUT2D eigenvalue weighted by atomic mass is 9.97. The maximum atomic E-state index is 13.5. The summed E-state index contributed by atoms with van der Waals surface area (Å²) in [6.45, 7) is 12.5. The molecule has 9 nitrogen and oxygen atoms in total. The van der Waals surface area contributed by atoms with Crippen molar-refractivity contribution < 1.29 is 28.7 Å². The fourth-order valence-corrected chi connectivity index (χ4v) is 3.43. The van der Waals surface area contributed by atoms with Crippen LogP contribution in [-0.4, -0.2) is 60.6 Å². The molecule has 196 valence electrons. The summed E-state index contributed by atoms with van der Waals surface area (Å²) in [4.78, 5) is 52.1. The van der Waals surface area contributed by atoms with Crippen molar-refractivity contribution in [2.45, 2.75) is 79.0 Å². The molecule has 9 heteroatoms. The molecule has 0 heterocycles. The van der Waals surface area contributed by atoms with Crippen LogP contribution >= 0.6 is 0 Å². The third kappa shape index (κ3) is 10.8. The van der Waals surface area contributed by atoms with Gasteiger partial charge in [-0.05, 0) is 58.9 Å². The highest BCUT2D eigenvalue weighted by atomic mass is 16.6. The molecule has 2 atom stereocenters. The van der Waals surface area contributed by atoms with E-state index in [1.54, 1.807) is 32.9 Å². The first kappa shape index (κ1) is 29.9. The number of amides is 3. The zero-order valence-electron chi connectivity index (χ0n) is 22.3. The Morgan fingerprint density at radius 2 is 1.54 bits per heavy atom. The van der Waals surface area contributed by atoms with Gasteiger partial charge in [-0.25, -0.2) is 4.79 Å². The largest absolute Gasteiger partial charge is 0.468 e. The van der Waals surface area contributed by atoms with Crippen molar-refractivity contribution in [2.75, 3.05) is 20.2 Å². The number of ether oxygens (including phenoxy) is 2. The van der Waals surface area contributed by atoms with Crippen LogP contribution in [-0.2, 0) is 23.9 Å². The Balaban J connectivity index is 3.31. The number of rotatable bonds is 11. The molecule has 0 aliphatic rings. The maximum Gasteiger partial charge on any atom is 0.408 e. The van der Waals surface area contributed by atoms with Crippen molar-refractivity contribution in [3.8, 4) is 0 Å². The Labute approximate surface area is 208 Å². The van der Waals surface area contributed by atoms with Crippen LogP contribution < -0.4 is 10.6 Å². The predicted octanol–water partition coefficient (Wildman–Crippen LogP) is 3.50. The van der Waals surface area contributed by atoms with Crippen molar-refractivity contribution in [1.29, 1.82) is 0 Å². The first-order chi connectivity index (χ1) is 16.2. The molecule has 0 saturated carbocycles. The number of carbonyl (C=O) groups is 4. The van der Waals surface area contributed by atoms with Gasteiger partial charge < -0.3 is 25.0 Å². The molecule has 3 amide bonds. The molecular formula is C26H41N3O6. The van der Waals surface area contributed by atoms with E-state index in [0.717, 1.165) is 12.0 Å². The van der Waals surface area contributed by atoms with Crippen LogP contribution in [0.25, 0.3) is 0 Å². The Morgan fingerprint density at radius 1 is 0.943 bits per heavy atom. The lowest BCUT2D eigenvalue weighted by molar-refractivity contribution is -0.145. The van der Waals surface area contributed by atoms with Gasteiger partial charge in [-0.2, -0.15) is 0 Å². The Kier molecular flexibility index (Phi) is 11.7. The molecule has 0 saturated heterocycles. The number of methoxy groups -OCH3 is 1. The second-order valence-electron chi connectivity index (χ2n) is 10.1. The number of esters is 1. The van der Waals surface area contributed by atoms with Crippen LogP contribution in [0.15, 0.2) is 24.3 Å². The molecule has 0 spiro atoms. The van der Waals surface area contributed by atoms with E-state index < -0.39 is 35.5 Å². The molecule has 0 aliphatic heterocycles. The summed E-state index contributed by atoms with van der Waals surface area (Å²) in [6, 6.07) is 5.96. The Hall–Kier alpha value is -3.10. The molecule has 1 aromatic rings. The maximum absolute atomic E-state index is 13.5. The molecule has 0 aromatic heterocycles. The molecule has 35 heavy (non-hydrogen) atoms. The van der Waals surface area contributed by atoms with Crippen LogP contribution in [0.1, 0.15) is 71.6 Å². The smallest absolute Gasteiger partial charge is 0.408 e. The summed E-state index contributed by atoms with van der Waals surface area (Å²) >= 11 is 0. The molecule has 1 aromatic carbocycles. The highest BCUT2D eigenvalue weighted by Gasteiger charge is 2.35. The lowest BCUT2D eigenvalue weighted by Gasteiger charge is -2.36. The monoisotopic (exact) mass is 491 g/mol. The average molecular weight is 492 g/mol. The lowest BCUT2D eigenvalue weighted by Crippen LogP contribution is -2.51. The first-order valence-electron chi connectivity index (χ1n) is 11.9. The predicted molar refractivity (Wildman–Crippen MR) is 134 cm³/mol. The summed E-state index contributed by atoms with van der Waals surface area (Å²) in [7, 11) is 1.23. The number of hydrogen-bond acceptors (Lipinski definition) is 6. The van der Waals surface area contributed by atoms with Gasteiger partial charge in [0.15, 0.2) is 0 Å². The summed E-state index contributed by atoms with van der Waals surface area (Å²) in [6.07, 6.45) is 0.778. The van der Waals surface area contributed by atoms with Gasteiger partial charge >= 0.3 is 12.1 Å². The minimum Gasteiger partial charge on any atom is -0.468 e. The van der Waals surface area contributed by atoms with Crippen LogP contribution in [0.3, 0.4) is 0 Å². The molecular weight excluding hydrogens is 450 g/mol. The number of nitrogens with one attached hydrogen (secondary N) is 2. The van der Waals surface area contributed by atoms with Crippen LogP contribution in [0.5, 0.6) is 0 Å². The Bertz CT molecular complexity index is 861. The van der Waals surface area contributed by atoms with Crippen molar-refractivity contribution in [3.05, 3.63) is 35.4 Å². The second kappa shape index (κ2) is 13.7. The van der Waals surface area contributed by atoms with Gasteiger partial charge in [0.05, 0.1) is 7.11 Å². The van der Waals surface area contributed by atoms with Crippen molar-refractivity contribution in [1.82, 2.24) is 15.5 Å². The highest BCUT2D eigenvalue weighted by molar-refractivity contribution is 5.92. The first-order valence-corrected chi connectivity index (χ1v) is 11.9. The van der Waals surface area contributed by atoms with Gasteiger partial charge in [0.2, 0.25) is 11.8 Å². The SMILES string of the molecule is COC(=O)CNC(=O)C(c1ccc(C)cc1)N(C(=O)CNC(=O)OC(C)(C)C)C(C)CCC(C)C. The van der Waals surface area contributed by atoms with E-state index in [1.165, 1.54) is 12.0 Å². The quantitative estimate of drug-likeness (QED) is 0.458. The van der Waals surface area contributed by atoms with Crippen LogP contribution in [0.2, 0.25) is 0 Å². The number of benzene rings is 1. The zero-order chi connectivity index (χ0) is 26.8. The number of carbonyl (C=O) groups excluding carboxylic acids is 4. The molecule has 0 fully saturated rings. The van der Waals surface area contributed by atoms with Crippen molar-refractivity contribution in [3.63, 3.8) is 0 Å². The fourth-order valence-electron chi connectivity index (χ4n) is 3.43. The number of nitrogens with zero attached hydrogens (tertiary/aromatic N) is 1. The summed E-state index contributed by atoms with van der Waals surface area (Å²) in [5.74, 6) is -1.15. The summed E-state index contributed by atoms with van der Waals surface area (Å²) in [5.41, 5.74) is 0.884. The van der Waals surface area contributed by atoms with Gasteiger partial charge in [-0.1, -0.05) is 43.7 Å². The molecule has 0 radical (unpaired) electrons. The number of hydrogen-bond donors (Lipinski definition) is 2. The standard InChI is InChI=1S/C26H41N3O6/c1-17(2)9-12-19(4)29(21(30)15-28-25(33)35-26(5,6)7)23(20-13-10-18(3)11-14-20)24(32)27-16-22(31)34-8/h10-11,13-14,17,19,23H,9,12,15-16H2,1-8H3,(H,27,32)(H,28,33). The minimum atomic E-state index is -1.00. The van der Waals surface area contributed by atoms with Gasteiger partial charge in [0.25, 0.3) is 0 Å². The van der Waals surface area contributed by atoms with Crippen LogP contribution in [0.4, 0.5) is 4.79 Å². The van der Waals surface area contributed by atoms with Gasteiger partial charge in [-0.15, -0.1) is 0 Å². The third-order valence-corrected chi connectivity index (χ3v) is 5.26. The van der Waals surface area contributed by atoms with E-state index in [1.807, 2.05) is 26.0 Å². The minimum absolute atomic E-state index is 0.319. The Morgan fingerprint density at radius 3 is 2.06 bits per heavy atom. The topological polar surface area (TPSA) is 114 Å². The number of alkyl carbamates (subject to hydrolysis) is 1. The van der Waals surface area contributed by atoms with Gasteiger partial charge in [-0.3, -0.25) is 14.4 Å². The zero-order valence-corrected chi connectivity index (χ0v) is 22.3. The van der Waals surface area contributed by atoms with Gasteiger partial charge in [0.1, 0.15) is 24.7 Å². The van der Waals surface area contributed by atoms with E-state index in [2.05, 4.69) is 29.2 Å². The molecule has 2 unspecified atom stereocenters.